The molecule has 0 aliphatic carbocycles. The second-order valence-corrected chi connectivity index (χ2v) is 7.49. The van der Waals surface area contributed by atoms with Crippen LogP contribution in [0.2, 0.25) is 0 Å². The molecule has 1 saturated heterocycles. The molecular weight excluding hydrogens is 338 g/mol. The molecule has 142 valence electrons. The first-order chi connectivity index (χ1) is 13.1. The van der Waals surface area contributed by atoms with E-state index in [-0.39, 0.29) is 6.10 Å². The predicted molar refractivity (Wildman–Crippen MR) is 107 cm³/mol. The molecular formula is C22H27N3O2. The normalized spacial score (nSPS) is 18.3. The van der Waals surface area contributed by atoms with Crippen molar-refractivity contribution in [2.75, 3.05) is 26.8 Å². The molecule has 0 N–H and O–H groups in total. The second-order valence-electron chi connectivity index (χ2n) is 7.49. The third kappa shape index (κ3) is 3.99. The van der Waals surface area contributed by atoms with Gasteiger partial charge in [-0.05, 0) is 48.4 Å². The lowest BCUT2D eigenvalue weighted by molar-refractivity contribution is -0.0328. The van der Waals surface area contributed by atoms with Crippen molar-refractivity contribution in [1.29, 1.82) is 0 Å². The molecule has 1 fully saturated rings. The molecule has 1 aromatic heterocycles. The van der Waals surface area contributed by atoms with Crippen LogP contribution in [0.25, 0.3) is 10.8 Å². The SMILES string of the molecule is COc1ccc2cc([C@@H]3CN(Cc4cnn(C(C)C)c4)CCO3)ccc2c1. The van der Waals surface area contributed by atoms with Crippen LogP contribution in [0.1, 0.15) is 37.1 Å². The van der Waals surface area contributed by atoms with E-state index in [9.17, 15) is 0 Å². The number of methoxy groups -OCH3 is 1. The lowest BCUT2D eigenvalue weighted by atomic mass is 10.0. The summed E-state index contributed by atoms with van der Waals surface area (Å²) in [5, 5.41) is 6.86. The zero-order valence-corrected chi connectivity index (χ0v) is 16.3. The minimum atomic E-state index is 0.102. The van der Waals surface area contributed by atoms with Gasteiger partial charge in [0.1, 0.15) is 5.75 Å². The van der Waals surface area contributed by atoms with E-state index in [0.717, 1.165) is 32.0 Å². The van der Waals surface area contributed by atoms with Crippen LogP contribution >= 0.6 is 0 Å². The van der Waals surface area contributed by atoms with E-state index in [1.54, 1.807) is 7.11 Å². The van der Waals surface area contributed by atoms with Crippen molar-refractivity contribution in [1.82, 2.24) is 14.7 Å². The van der Waals surface area contributed by atoms with Crippen LogP contribution in [0.5, 0.6) is 5.75 Å². The Morgan fingerprint density at radius 1 is 1.19 bits per heavy atom. The fraction of sp³-hybridized carbons (Fsp3) is 0.409. The molecule has 2 aromatic carbocycles. The molecule has 0 unspecified atom stereocenters. The van der Waals surface area contributed by atoms with Gasteiger partial charge < -0.3 is 9.47 Å². The quantitative estimate of drug-likeness (QED) is 0.679. The summed E-state index contributed by atoms with van der Waals surface area (Å²) in [6, 6.07) is 13.1. The van der Waals surface area contributed by atoms with Crippen LogP contribution in [0.3, 0.4) is 0 Å². The molecule has 27 heavy (non-hydrogen) atoms. The number of rotatable bonds is 5. The highest BCUT2D eigenvalue weighted by atomic mass is 16.5. The average Bonchev–Trinajstić information content (AvgIpc) is 3.16. The van der Waals surface area contributed by atoms with E-state index in [1.165, 1.54) is 21.9 Å². The highest BCUT2D eigenvalue weighted by Crippen LogP contribution is 2.28. The first kappa shape index (κ1) is 18.0. The van der Waals surface area contributed by atoms with Crippen molar-refractivity contribution in [3.8, 4) is 5.75 Å². The van der Waals surface area contributed by atoms with Gasteiger partial charge in [0.25, 0.3) is 0 Å². The number of ether oxygens (including phenoxy) is 2. The minimum absolute atomic E-state index is 0.102. The van der Waals surface area contributed by atoms with Crippen molar-refractivity contribution in [3.05, 3.63) is 59.9 Å². The van der Waals surface area contributed by atoms with E-state index in [1.807, 2.05) is 16.9 Å². The first-order valence-electron chi connectivity index (χ1n) is 9.57. The number of nitrogens with zero attached hydrogens (tertiary/aromatic N) is 3. The molecule has 2 heterocycles. The van der Waals surface area contributed by atoms with E-state index in [4.69, 9.17) is 9.47 Å². The second kappa shape index (κ2) is 7.71. The zero-order chi connectivity index (χ0) is 18.8. The van der Waals surface area contributed by atoms with Gasteiger partial charge in [-0.1, -0.05) is 18.2 Å². The number of hydrogen-bond donors (Lipinski definition) is 0. The van der Waals surface area contributed by atoms with Gasteiger partial charge in [0.15, 0.2) is 0 Å². The smallest absolute Gasteiger partial charge is 0.119 e. The summed E-state index contributed by atoms with van der Waals surface area (Å²) in [6.07, 6.45) is 4.23. The zero-order valence-electron chi connectivity index (χ0n) is 16.3. The number of aromatic nitrogens is 2. The van der Waals surface area contributed by atoms with Gasteiger partial charge in [-0.15, -0.1) is 0 Å². The summed E-state index contributed by atoms with van der Waals surface area (Å²) >= 11 is 0. The van der Waals surface area contributed by atoms with E-state index in [0.29, 0.717) is 6.04 Å². The van der Waals surface area contributed by atoms with Gasteiger partial charge >= 0.3 is 0 Å². The average molecular weight is 365 g/mol. The van der Waals surface area contributed by atoms with Crippen molar-refractivity contribution < 1.29 is 9.47 Å². The van der Waals surface area contributed by atoms with Crippen LogP contribution in [-0.4, -0.2) is 41.5 Å². The lowest BCUT2D eigenvalue weighted by Gasteiger charge is -2.33. The van der Waals surface area contributed by atoms with E-state index >= 15 is 0 Å². The van der Waals surface area contributed by atoms with Crippen LogP contribution in [-0.2, 0) is 11.3 Å². The Bertz CT molecular complexity index is 919. The number of benzene rings is 2. The van der Waals surface area contributed by atoms with Gasteiger partial charge in [-0.3, -0.25) is 9.58 Å². The van der Waals surface area contributed by atoms with Gasteiger partial charge in [-0.2, -0.15) is 5.10 Å². The maximum atomic E-state index is 6.08. The molecule has 5 nitrogen and oxygen atoms in total. The summed E-state index contributed by atoms with van der Waals surface area (Å²) in [5.41, 5.74) is 2.49. The molecule has 1 atom stereocenters. The molecule has 1 aliphatic rings. The molecule has 0 saturated carbocycles. The standard InChI is InChI=1S/C22H27N3O2/c1-16(2)25-14-17(12-23-25)13-24-8-9-27-22(15-24)20-5-4-19-11-21(26-3)7-6-18(19)10-20/h4-7,10-12,14,16,22H,8-9,13,15H2,1-3H3/t22-/m0/s1. The van der Waals surface area contributed by atoms with Crippen LogP contribution in [0.4, 0.5) is 0 Å². The Balaban J connectivity index is 1.48. The fourth-order valence-electron chi connectivity index (χ4n) is 3.62. The molecule has 0 radical (unpaired) electrons. The third-order valence-electron chi connectivity index (χ3n) is 5.18. The Kier molecular flexibility index (Phi) is 5.14. The van der Waals surface area contributed by atoms with Gasteiger partial charge in [0.2, 0.25) is 0 Å². The topological polar surface area (TPSA) is 39.5 Å². The molecule has 3 aromatic rings. The first-order valence-corrected chi connectivity index (χ1v) is 9.57. The maximum absolute atomic E-state index is 6.08. The lowest BCUT2D eigenvalue weighted by Crippen LogP contribution is -2.37. The number of morpholine rings is 1. The Morgan fingerprint density at radius 2 is 2.00 bits per heavy atom. The Morgan fingerprint density at radius 3 is 2.78 bits per heavy atom. The number of fused-ring (bicyclic) bond motifs is 1. The summed E-state index contributed by atoms with van der Waals surface area (Å²) in [5.74, 6) is 0.886. The summed E-state index contributed by atoms with van der Waals surface area (Å²) in [6.45, 7) is 7.82. The molecule has 0 amide bonds. The minimum Gasteiger partial charge on any atom is -0.497 e. The van der Waals surface area contributed by atoms with Crippen LogP contribution in [0.15, 0.2) is 48.8 Å². The summed E-state index contributed by atoms with van der Waals surface area (Å²) in [4.78, 5) is 2.45. The molecule has 0 spiro atoms. The predicted octanol–water partition coefficient (Wildman–Crippen LogP) is 4.20. The van der Waals surface area contributed by atoms with Crippen LogP contribution < -0.4 is 4.74 Å². The van der Waals surface area contributed by atoms with Crippen molar-refractivity contribution in [3.63, 3.8) is 0 Å². The molecule has 5 heteroatoms. The van der Waals surface area contributed by atoms with Crippen molar-refractivity contribution in [2.45, 2.75) is 32.5 Å². The monoisotopic (exact) mass is 365 g/mol. The van der Waals surface area contributed by atoms with Gasteiger partial charge in [0, 0.05) is 37.4 Å². The van der Waals surface area contributed by atoms with Crippen LogP contribution in [0, 0.1) is 0 Å². The molecule has 0 bridgehead atoms. The third-order valence-corrected chi connectivity index (χ3v) is 5.18. The molecule has 4 rings (SSSR count). The fourth-order valence-corrected chi connectivity index (χ4v) is 3.62. The van der Waals surface area contributed by atoms with Crippen molar-refractivity contribution >= 4 is 10.8 Å². The number of hydrogen-bond acceptors (Lipinski definition) is 4. The van der Waals surface area contributed by atoms with E-state index in [2.05, 4.69) is 60.4 Å². The van der Waals surface area contributed by atoms with Gasteiger partial charge in [-0.25, -0.2) is 0 Å². The van der Waals surface area contributed by atoms with Crippen molar-refractivity contribution in [2.24, 2.45) is 0 Å². The summed E-state index contributed by atoms with van der Waals surface area (Å²) < 4.78 is 13.4. The highest BCUT2D eigenvalue weighted by Gasteiger charge is 2.22. The largest absolute Gasteiger partial charge is 0.497 e. The summed E-state index contributed by atoms with van der Waals surface area (Å²) in [7, 11) is 1.70. The Labute approximate surface area is 160 Å². The molecule has 1 aliphatic heterocycles. The Hall–Kier alpha value is -2.37. The maximum Gasteiger partial charge on any atom is 0.119 e. The van der Waals surface area contributed by atoms with Gasteiger partial charge in [0.05, 0.1) is 26.0 Å². The highest BCUT2D eigenvalue weighted by molar-refractivity contribution is 5.84. The van der Waals surface area contributed by atoms with E-state index < -0.39 is 0 Å².